The number of aliphatic hydroxyl groups is 1. The Balaban J connectivity index is 1.36. The van der Waals surface area contributed by atoms with Gasteiger partial charge in [0, 0.05) is 23.5 Å². The summed E-state index contributed by atoms with van der Waals surface area (Å²) in [5, 5.41) is 14.4. The quantitative estimate of drug-likeness (QED) is 0.194. The molecular formula is C31H36F2N4O6. The molecule has 3 heterocycles. The zero-order valence-corrected chi connectivity index (χ0v) is 24.5. The molecule has 230 valence electrons. The van der Waals surface area contributed by atoms with Crippen LogP contribution in [0.2, 0.25) is 0 Å². The van der Waals surface area contributed by atoms with Crippen LogP contribution in [0.4, 0.5) is 25.2 Å². The van der Waals surface area contributed by atoms with E-state index in [0.717, 1.165) is 5.56 Å². The Hall–Kier alpha value is -4.19. The number of nitrogens with zero attached hydrogens (tertiary/aromatic N) is 3. The maximum absolute atomic E-state index is 13.1. The number of ether oxygens (including phenoxy) is 3. The van der Waals surface area contributed by atoms with Crippen molar-refractivity contribution in [3.8, 4) is 11.3 Å². The molecule has 4 rings (SSSR count). The number of rotatable bonds is 10. The molecule has 1 saturated carbocycles. The maximum Gasteiger partial charge on any atom is 0.511 e. The zero-order chi connectivity index (χ0) is 31.1. The predicted octanol–water partition coefficient (Wildman–Crippen LogP) is 6.60. The van der Waals surface area contributed by atoms with E-state index >= 15 is 0 Å². The average Bonchev–Trinajstić information content (AvgIpc) is 2.96. The molecule has 3 aromatic rings. The normalized spacial score (nSPS) is 18.2. The highest BCUT2D eigenvalue weighted by Crippen LogP contribution is 2.41. The SMILES string of the molecule is Cc1cc(Nc2cc(C(F)F)ccn2)nc(-c2ccc(C(C)(O)[C@H]3CC[C@H](C(=O)OCOC(=O)OC(C)C)CC3)nc2)c1. The first-order valence-electron chi connectivity index (χ1n) is 14.1. The third-order valence-electron chi connectivity index (χ3n) is 7.40. The highest BCUT2D eigenvalue weighted by atomic mass is 19.3. The fourth-order valence-electron chi connectivity index (χ4n) is 5.09. The van der Waals surface area contributed by atoms with Gasteiger partial charge in [0.25, 0.3) is 6.43 Å². The number of alkyl halides is 2. The molecular weight excluding hydrogens is 562 g/mol. The fraction of sp³-hybridized carbons (Fsp3) is 0.452. The summed E-state index contributed by atoms with van der Waals surface area (Å²) in [5.74, 6) is -0.224. The van der Waals surface area contributed by atoms with Crippen molar-refractivity contribution in [2.75, 3.05) is 12.1 Å². The second-order valence-electron chi connectivity index (χ2n) is 11.1. The third-order valence-corrected chi connectivity index (χ3v) is 7.40. The van der Waals surface area contributed by atoms with E-state index in [-0.39, 0.29) is 29.3 Å². The number of pyridine rings is 3. The van der Waals surface area contributed by atoms with Gasteiger partial charge in [-0.15, -0.1) is 0 Å². The van der Waals surface area contributed by atoms with Crippen molar-refractivity contribution in [1.82, 2.24) is 15.0 Å². The molecule has 0 radical (unpaired) electrons. The van der Waals surface area contributed by atoms with E-state index in [4.69, 9.17) is 14.2 Å². The Morgan fingerprint density at radius 2 is 1.79 bits per heavy atom. The summed E-state index contributed by atoms with van der Waals surface area (Å²) in [6.07, 6.45) is 1.33. The number of carbonyl (C=O) groups is 2. The number of esters is 1. The fourth-order valence-corrected chi connectivity index (χ4v) is 5.09. The summed E-state index contributed by atoms with van der Waals surface area (Å²) in [6.45, 7) is 6.48. The van der Waals surface area contributed by atoms with Crippen molar-refractivity contribution in [3.05, 3.63) is 65.6 Å². The lowest BCUT2D eigenvalue weighted by Gasteiger charge is -2.37. The van der Waals surface area contributed by atoms with Gasteiger partial charge in [-0.25, -0.2) is 23.5 Å². The van der Waals surface area contributed by atoms with Crippen LogP contribution >= 0.6 is 0 Å². The summed E-state index contributed by atoms with van der Waals surface area (Å²) in [4.78, 5) is 37.1. The van der Waals surface area contributed by atoms with Crippen LogP contribution in [0.5, 0.6) is 0 Å². The third kappa shape index (κ3) is 8.44. The number of aromatic nitrogens is 3. The molecule has 1 fully saturated rings. The van der Waals surface area contributed by atoms with Gasteiger partial charge in [-0.05, 0) is 101 Å². The molecule has 1 aliphatic carbocycles. The molecule has 0 amide bonds. The number of nitrogens with one attached hydrogen (secondary N) is 1. The van der Waals surface area contributed by atoms with Crippen LogP contribution in [-0.2, 0) is 24.6 Å². The minimum atomic E-state index is -2.61. The minimum Gasteiger partial charge on any atom is -0.431 e. The van der Waals surface area contributed by atoms with Crippen LogP contribution in [0.25, 0.3) is 11.3 Å². The van der Waals surface area contributed by atoms with E-state index in [1.807, 2.05) is 19.1 Å². The van der Waals surface area contributed by atoms with E-state index in [1.54, 1.807) is 39.1 Å². The van der Waals surface area contributed by atoms with E-state index in [9.17, 15) is 23.5 Å². The Morgan fingerprint density at radius 1 is 1.05 bits per heavy atom. The average molecular weight is 599 g/mol. The van der Waals surface area contributed by atoms with Crippen molar-refractivity contribution in [2.24, 2.45) is 11.8 Å². The minimum absolute atomic E-state index is 0.128. The van der Waals surface area contributed by atoms with Crippen molar-refractivity contribution in [1.29, 1.82) is 0 Å². The second-order valence-corrected chi connectivity index (χ2v) is 11.1. The van der Waals surface area contributed by atoms with Crippen LogP contribution in [0.1, 0.15) is 69.7 Å². The molecule has 0 aliphatic heterocycles. The van der Waals surface area contributed by atoms with Gasteiger partial charge >= 0.3 is 12.1 Å². The Kier molecular flexibility index (Phi) is 10.2. The summed E-state index contributed by atoms with van der Waals surface area (Å²) in [5.41, 5.74) is 1.36. The molecule has 0 bridgehead atoms. The van der Waals surface area contributed by atoms with E-state index in [1.165, 1.54) is 18.3 Å². The van der Waals surface area contributed by atoms with Crippen molar-refractivity contribution in [3.63, 3.8) is 0 Å². The lowest BCUT2D eigenvalue weighted by molar-refractivity contribution is -0.161. The number of anilines is 2. The van der Waals surface area contributed by atoms with Gasteiger partial charge in [-0.2, -0.15) is 0 Å². The molecule has 1 aliphatic rings. The maximum atomic E-state index is 13.1. The summed E-state index contributed by atoms with van der Waals surface area (Å²) in [6, 6.07) is 9.79. The molecule has 1 unspecified atom stereocenters. The Labute approximate surface area is 248 Å². The molecule has 12 heteroatoms. The Morgan fingerprint density at radius 3 is 2.44 bits per heavy atom. The highest BCUT2D eigenvalue weighted by molar-refractivity contribution is 5.72. The van der Waals surface area contributed by atoms with E-state index < -0.39 is 30.9 Å². The first kappa shape index (κ1) is 31.7. The lowest BCUT2D eigenvalue weighted by atomic mass is 9.73. The van der Waals surface area contributed by atoms with Crippen LogP contribution < -0.4 is 5.32 Å². The topological polar surface area (TPSA) is 133 Å². The lowest BCUT2D eigenvalue weighted by Crippen LogP contribution is -2.37. The molecule has 0 aromatic carbocycles. The molecule has 3 aromatic heterocycles. The van der Waals surface area contributed by atoms with Gasteiger partial charge in [-0.3, -0.25) is 9.78 Å². The summed E-state index contributed by atoms with van der Waals surface area (Å²) >= 11 is 0. The van der Waals surface area contributed by atoms with E-state index in [0.29, 0.717) is 48.5 Å². The molecule has 10 nitrogen and oxygen atoms in total. The number of hydrogen-bond donors (Lipinski definition) is 2. The molecule has 2 N–H and O–H groups in total. The van der Waals surface area contributed by atoms with Gasteiger partial charge in [-0.1, -0.05) is 0 Å². The largest absolute Gasteiger partial charge is 0.511 e. The van der Waals surface area contributed by atoms with Gasteiger partial charge < -0.3 is 24.6 Å². The summed E-state index contributed by atoms with van der Waals surface area (Å²) in [7, 11) is 0. The first-order valence-corrected chi connectivity index (χ1v) is 14.1. The number of aryl methyl sites for hydroxylation is 1. The van der Waals surface area contributed by atoms with Gasteiger partial charge in [0.15, 0.2) is 0 Å². The van der Waals surface area contributed by atoms with Crippen molar-refractivity contribution < 1.29 is 37.7 Å². The van der Waals surface area contributed by atoms with Gasteiger partial charge in [0.2, 0.25) is 6.79 Å². The summed E-state index contributed by atoms with van der Waals surface area (Å²) < 4.78 is 40.8. The van der Waals surface area contributed by atoms with Crippen LogP contribution in [0.3, 0.4) is 0 Å². The van der Waals surface area contributed by atoms with Crippen LogP contribution in [-0.4, -0.2) is 45.1 Å². The zero-order valence-electron chi connectivity index (χ0n) is 24.5. The number of hydrogen-bond acceptors (Lipinski definition) is 10. The van der Waals surface area contributed by atoms with Crippen LogP contribution in [0, 0.1) is 18.8 Å². The predicted molar refractivity (Wildman–Crippen MR) is 153 cm³/mol. The number of halogens is 2. The number of carbonyl (C=O) groups excluding carboxylic acids is 2. The van der Waals surface area contributed by atoms with Crippen molar-refractivity contribution >= 4 is 23.8 Å². The van der Waals surface area contributed by atoms with Gasteiger partial charge in [0.1, 0.15) is 17.2 Å². The van der Waals surface area contributed by atoms with Gasteiger partial charge in [0.05, 0.1) is 23.4 Å². The first-order chi connectivity index (χ1) is 20.4. The molecule has 0 spiro atoms. The van der Waals surface area contributed by atoms with Crippen LogP contribution in [0.15, 0.2) is 48.8 Å². The molecule has 1 atom stereocenters. The smallest absolute Gasteiger partial charge is 0.431 e. The van der Waals surface area contributed by atoms with E-state index in [2.05, 4.69) is 20.3 Å². The molecule has 43 heavy (non-hydrogen) atoms. The molecule has 0 saturated heterocycles. The highest BCUT2D eigenvalue weighted by Gasteiger charge is 2.39. The monoisotopic (exact) mass is 598 g/mol. The van der Waals surface area contributed by atoms with Crippen molar-refractivity contribution in [2.45, 2.75) is 71.5 Å². The Bertz CT molecular complexity index is 1410. The second kappa shape index (κ2) is 13.9. The standard InChI is InChI=1S/C31H36F2N4O6/c1-18(2)43-30(39)42-17-41-29(38)20-5-8-23(9-6-20)31(4,40)25-10-7-22(16-35-25)24-13-19(3)14-27(36-24)37-26-15-21(28(32)33)11-12-34-26/h7,10-16,18,20,23,28,40H,5-6,8-9,17H2,1-4H3,(H,34,36,37)/t20-,23-,31?.